The predicted molar refractivity (Wildman–Crippen MR) is 103 cm³/mol. The van der Waals surface area contributed by atoms with E-state index in [9.17, 15) is 26.4 Å². The molecule has 0 bridgehead atoms. The summed E-state index contributed by atoms with van der Waals surface area (Å²) in [5, 5.41) is 2.64. The van der Waals surface area contributed by atoms with Crippen molar-refractivity contribution >= 4 is 39.0 Å². The Morgan fingerprint density at radius 2 is 1.79 bits per heavy atom. The summed E-state index contributed by atoms with van der Waals surface area (Å²) in [6.45, 7) is 1.42. The van der Waals surface area contributed by atoms with Crippen molar-refractivity contribution in [3.63, 3.8) is 0 Å². The molecule has 1 aromatic heterocycles. The number of carbonyl (C=O) groups is 1. The zero-order valence-electron chi connectivity index (χ0n) is 14.9. The maximum absolute atomic E-state index is 12.6. The molecule has 29 heavy (non-hydrogen) atoms. The van der Waals surface area contributed by atoms with Gasteiger partial charge in [-0.05, 0) is 48.2 Å². The van der Waals surface area contributed by atoms with Gasteiger partial charge in [-0.2, -0.15) is 17.5 Å². The van der Waals surface area contributed by atoms with E-state index in [2.05, 4.69) is 5.32 Å². The third-order valence-electron chi connectivity index (χ3n) is 3.97. The number of nitrogens with zero attached hydrogens (tertiary/aromatic N) is 1. The van der Waals surface area contributed by atoms with Crippen LogP contribution in [0.3, 0.4) is 0 Å². The maximum Gasteiger partial charge on any atom is 0.446 e. The molecular weight excluding hydrogens is 449 g/mol. The second-order valence-electron chi connectivity index (χ2n) is 5.99. The molecule has 1 aliphatic heterocycles. The number of thiophene rings is 1. The highest BCUT2D eigenvalue weighted by molar-refractivity contribution is 8.00. The van der Waals surface area contributed by atoms with Gasteiger partial charge in [-0.25, -0.2) is 8.42 Å². The topological polar surface area (TPSA) is 75.7 Å². The van der Waals surface area contributed by atoms with Gasteiger partial charge in [0.2, 0.25) is 0 Å². The quantitative estimate of drug-likeness (QED) is 0.661. The molecule has 158 valence electrons. The normalized spacial score (nSPS) is 16.0. The Bertz CT molecular complexity index is 953. The number of sulfonamides is 1. The van der Waals surface area contributed by atoms with Crippen LogP contribution < -0.4 is 5.32 Å². The molecule has 1 aliphatic rings. The zero-order valence-corrected chi connectivity index (χ0v) is 17.4. The van der Waals surface area contributed by atoms with Crippen LogP contribution in [0.15, 0.2) is 45.5 Å². The summed E-state index contributed by atoms with van der Waals surface area (Å²) in [4.78, 5) is 12.8. The fourth-order valence-corrected chi connectivity index (χ4v) is 5.98. The van der Waals surface area contributed by atoms with Crippen LogP contribution in [0.5, 0.6) is 0 Å². The van der Waals surface area contributed by atoms with E-state index in [-0.39, 0.29) is 33.0 Å². The number of ether oxygens (including phenoxy) is 1. The van der Waals surface area contributed by atoms with Gasteiger partial charge < -0.3 is 10.1 Å². The third kappa shape index (κ3) is 5.95. The smallest absolute Gasteiger partial charge is 0.379 e. The number of amides is 1. The van der Waals surface area contributed by atoms with Crippen molar-refractivity contribution in [2.45, 2.75) is 21.2 Å². The SMILES string of the molecule is O=C(NCc1ccc(S(=O)(=O)N2CCOCC2)s1)c1ccc(SC(F)(F)F)cc1. The van der Waals surface area contributed by atoms with Crippen LogP contribution in [0.1, 0.15) is 15.2 Å². The first kappa shape index (κ1) is 22.1. The van der Waals surface area contributed by atoms with Crippen molar-refractivity contribution in [3.8, 4) is 0 Å². The van der Waals surface area contributed by atoms with Crippen molar-refractivity contribution in [1.29, 1.82) is 0 Å². The Kier molecular flexibility index (Phi) is 6.89. The number of carbonyl (C=O) groups excluding carboxylic acids is 1. The summed E-state index contributed by atoms with van der Waals surface area (Å²) in [6.07, 6.45) is 0. The van der Waals surface area contributed by atoms with Gasteiger partial charge >= 0.3 is 5.51 Å². The minimum Gasteiger partial charge on any atom is -0.379 e. The van der Waals surface area contributed by atoms with Gasteiger partial charge in [-0.15, -0.1) is 11.3 Å². The van der Waals surface area contributed by atoms with Crippen LogP contribution in [-0.4, -0.2) is 50.4 Å². The summed E-state index contributed by atoms with van der Waals surface area (Å²) in [7, 11) is -3.59. The predicted octanol–water partition coefficient (Wildman–Crippen LogP) is 3.31. The largest absolute Gasteiger partial charge is 0.446 e. The highest BCUT2D eigenvalue weighted by Crippen LogP contribution is 2.36. The molecule has 0 aliphatic carbocycles. The van der Waals surface area contributed by atoms with Crippen LogP contribution in [0.2, 0.25) is 0 Å². The lowest BCUT2D eigenvalue weighted by molar-refractivity contribution is -0.0328. The number of morpholine rings is 1. The summed E-state index contributed by atoms with van der Waals surface area (Å²) >= 11 is 0.815. The monoisotopic (exact) mass is 466 g/mol. The Balaban J connectivity index is 1.58. The second kappa shape index (κ2) is 9.04. The van der Waals surface area contributed by atoms with E-state index in [4.69, 9.17) is 4.74 Å². The first-order valence-electron chi connectivity index (χ1n) is 8.46. The molecule has 1 saturated heterocycles. The van der Waals surface area contributed by atoms with E-state index in [1.807, 2.05) is 0 Å². The van der Waals surface area contributed by atoms with E-state index >= 15 is 0 Å². The molecule has 1 fully saturated rings. The number of halogens is 3. The molecule has 0 saturated carbocycles. The Hall–Kier alpha value is -1.60. The molecule has 0 radical (unpaired) electrons. The van der Waals surface area contributed by atoms with E-state index in [1.165, 1.54) is 34.6 Å². The molecule has 1 aromatic carbocycles. The van der Waals surface area contributed by atoms with Crippen LogP contribution in [0.4, 0.5) is 13.2 Å². The number of benzene rings is 1. The average Bonchev–Trinajstić information content (AvgIpc) is 3.16. The number of thioether (sulfide) groups is 1. The summed E-state index contributed by atoms with van der Waals surface area (Å²) in [6, 6.07) is 8.20. The third-order valence-corrected chi connectivity index (χ3v) is 8.17. The summed E-state index contributed by atoms with van der Waals surface area (Å²) in [5.41, 5.74) is -4.17. The van der Waals surface area contributed by atoms with Gasteiger partial charge in [0.25, 0.3) is 15.9 Å². The molecule has 0 spiro atoms. The summed E-state index contributed by atoms with van der Waals surface area (Å²) < 4.78 is 69.0. The molecule has 6 nitrogen and oxygen atoms in total. The van der Waals surface area contributed by atoms with Gasteiger partial charge in [-0.3, -0.25) is 4.79 Å². The average molecular weight is 467 g/mol. The molecule has 2 aromatic rings. The lowest BCUT2D eigenvalue weighted by atomic mass is 10.2. The zero-order chi connectivity index (χ0) is 21.1. The van der Waals surface area contributed by atoms with Crippen LogP contribution in [-0.2, 0) is 21.3 Å². The van der Waals surface area contributed by atoms with E-state index in [0.717, 1.165) is 11.3 Å². The minimum atomic E-state index is -4.39. The molecule has 1 N–H and O–H groups in total. The molecule has 12 heteroatoms. The van der Waals surface area contributed by atoms with Crippen LogP contribution >= 0.6 is 23.1 Å². The lowest BCUT2D eigenvalue weighted by Gasteiger charge is -2.25. The fourth-order valence-electron chi connectivity index (χ4n) is 2.58. The molecular formula is C17H17F3N2O4S3. The van der Waals surface area contributed by atoms with Crippen molar-refractivity contribution in [3.05, 3.63) is 46.8 Å². The number of alkyl halides is 3. The second-order valence-corrected chi connectivity index (χ2v) is 10.5. The highest BCUT2D eigenvalue weighted by atomic mass is 32.2. The number of hydrogen-bond donors (Lipinski definition) is 1. The molecule has 0 unspecified atom stereocenters. The van der Waals surface area contributed by atoms with E-state index in [1.54, 1.807) is 6.07 Å². The molecule has 0 atom stereocenters. The molecule has 2 heterocycles. The van der Waals surface area contributed by atoms with Crippen molar-refractivity contribution in [2.75, 3.05) is 26.3 Å². The van der Waals surface area contributed by atoms with Gasteiger partial charge in [0.1, 0.15) is 4.21 Å². The number of nitrogens with one attached hydrogen (secondary N) is 1. The number of hydrogen-bond acceptors (Lipinski definition) is 6. The standard InChI is InChI=1S/C17H17F3N2O4S3/c18-17(19,20)28-13-3-1-12(2-4-13)16(23)21-11-14-5-6-15(27-14)29(24,25)22-7-9-26-10-8-22/h1-6H,7-11H2,(H,21,23). The molecule has 3 rings (SSSR count). The minimum absolute atomic E-state index is 0.00901. The van der Waals surface area contributed by atoms with Gasteiger partial charge in [-0.1, -0.05) is 0 Å². The van der Waals surface area contributed by atoms with Crippen LogP contribution in [0.25, 0.3) is 0 Å². The Morgan fingerprint density at radius 1 is 1.14 bits per heavy atom. The lowest BCUT2D eigenvalue weighted by Crippen LogP contribution is -2.40. The van der Waals surface area contributed by atoms with Crippen LogP contribution in [0, 0.1) is 0 Å². The van der Waals surface area contributed by atoms with Gasteiger partial charge in [0.15, 0.2) is 0 Å². The first-order valence-corrected chi connectivity index (χ1v) is 11.5. The van der Waals surface area contributed by atoms with Crippen molar-refractivity contribution < 1.29 is 31.1 Å². The van der Waals surface area contributed by atoms with E-state index < -0.39 is 21.4 Å². The van der Waals surface area contributed by atoms with Crippen molar-refractivity contribution in [1.82, 2.24) is 9.62 Å². The van der Waals surface area contributed by atoms with Crippen molar-refractivity contribution in [2.24, 2.45) is 0 Å². The Morgan fingerprint density at radius 3 is 2.41 bits per heavy atom. The summed E-state index contributed by atoms with van der Waals surface area (Å²) in [5.74, 6) is -0.459. The Labute approximate surface area is 174 Å². The maximum atomic E-state index is 12.6. The molecule has 1 amide bonds. The number of rotatable bonds is 6. The van der Waals surface area contributed by atoms with Gasteiger partial charge in [0.05, 0.1) is 19.8 Å². The first-order chi connectivity index (χ1) is 13.6. The fraction of sp³-hybridized carbons (Fsp3) is 0.353. The van der Waals surface area contributed by atoms with Gasteiger partial charge in [0, 0.05) is 28.4 Å². The van der Waals surface area contributed by atoms with E-state index in [0.29, 0.717) is 31.2 Å². The highest BCUT2D eigenvalue weighted by Gasteiger charge is 2.29.